The van der Waals surface area contributed by atoms with Crippen LogP contribution in [0.15, 0.2) is 36.4 Å². The molecule has 2 aromatic carbocycles. The maximum Gasteiger partial charge on any atom is 0.410 e. The van der Waals surface area contributed by atoms with Crippen molar-refractivity contribution in [3.8, 4) is 17.2 Å². The van der Waals surface area contributed by atoms with Crippen LogP contribution in [0.5, 0.6) is 17.2 Å². The molecule has 2 atom stereocenters. The highest BCUT2D eigenvalue weighted by molar-refractivity contribution is 6.36. The third-order valence-corrected chi connectivity index (χ3v) is 6.27. The van der Waals surface area contributed by atoms with Crippen LogP contribution in [0.1, 0.15) is 34.6 Å². The van der Waals surface area contributed by atoms with Gasteiger partial charge in [0.05, 0.1) is 44.0 Å². The predicted octanol–water partition coefficient (Wildman–Crippen LogP) is 5.38. The van der Waals surface area contributed by atoms with Crippen molar-refractivity contribution in [1.29, 1.82) is 0 Å². The average Bonchev–Trinajstić information content (AvgIpc) is 3.23. The minimum Gasteiger partial charge on any atom is -0.496 e. The standard InChI is InChI=1S/C23H21ClF3N5O6/c1-36-14-8-12(7-13(9-14)32(34)35)28-22(33)20-19(24)21-29-15(10-18(23(25,26)27)31(21)30-20)11-4-5-16(37-2)17(6-11)38-3/h4-9,15,18,29H,10H2,1-3H3,(H,28,33). The zero-order valence-corrected chi connectivity index (χ0v) is 20.9. The Bertz CT molecular complexity index is 1400. The van der Waals surface area contributed by atoms with Gasteiger partial charge in [-0.15, -0.1) is 0 Å². The largest absolute Gasteiger partial charge is 0.496 e. The molecule has 2 heterocycles. The van der Waals surface area contributed by atoms with Crippen LogP contribution >= 0.6 is 11.6 Å². The molecule has 1 aromatic heterocycles. The number of hydrogen-bond acceptors (Lipinski definition) is 8. The first-order valence-electron chi connectivity index (χ1n) is 10.9. The molecule has 0 fully saturated rings. The Labute approximate surface area is 218 Å². The molecule has 0 saturated heterocycles. The van der Waals surface area contributed by atoms with Crippen LogP contribution in [0.25, 0.3) is 0 Å². The minimum atomic E-state index is -4.72. The van der Waals surface area contributed by atoms with Crippen molar-refractivity contribution >= 4 is 34.7 Å². The van der Waals surface area contributed by atoms with Crippen LogP contribution < -0.4 is 24.8 Å². The molecule has 0 bridgehead atoms. The highest BCUT2D eigenvalue weighted by Crippen LogP contribution is 2.47. The number of nitro groups is 1. The quantitative estimate of drug-likeness (QED) is 0.293. The van der Waals surface area contributed by atoms with Crippen molar-refractivity contribution in [3.05, 3.63) is 62.8 Å². The van der Waals surface area contributed by atoms with Crippen LogP contribution in [0.4, 0.5) is 30.4 Å². The molecule has 202 valence electrons. The number of methoxy groups -OCH3 is 3. The normalized spacial score (nSPS) is 16.7. The molecule has 11 nitrogen and oxygen atoms in total. The number of nitrogens with one attached hydrogen (secondary N) is 2. The molecule has 2 unspecified atom stereocenters. The summed E-state index contributed by atoms with van der Waals surface area (Å²) in [6, 6.07) is 5.26. The molecule has 2 N–H and O–H groups in total. The molecular weight excluding hydrogens is 535 g/mol. The van der Waals surface area contributed by atoms with Gasteiger partial charge in [0.1, 0.15) is 16.6 Å². The predicted molar refractivity (Wildman–Crippen MR) is 130 cm³/mol. The molecule has 3 aromatic rings. The van der Waals surface area contributed by atoms with E-state index in [1.54, 1.807) is 18.2 Å². The highest BCUT2D eigenvalue weighted by atomic mass is 35.5. The molecular formula is C23H21ClF3N5O6. The van der Waals surface area contributed by atoms with Crippen molar-refractivity contribution in [2.45, 2.75) is 24.7 Å². The summed E-state index contributed by atoms with van der Waals surface area (Å²) >= 11 is 6.37. The lowest BCUT2D eigenvalue weighted by Crippen LogP contribution is -2.35. The number of carbonyl (C=O) groups is 1. The van der Waals surface area contributed by atoms with Gasteiger partial charge in [-0.05, 0) is 17.7 Å². The number of ether oxygens (including phenoxy) is 3. The van der Waals surface area contributed by atoms with Gasteiger partial charge in [-0.3, -0.25) is 14.9 Å². The summed E-state index contributed by atoms with van der Waals surface area (Å²) in [6.45, 7) is 0. The summed E-state index contributed by atoms with van der Waals surface area (Å²) in [7, 11) is 4.12. The summed E-state index contributed by atoms with van der Waals surface area (Å²) in [5.41, 5.74) is -0.435. The Hall–Kier alpha value is -4.20. The van der Waals surface area contributed by atoms with Gasteiger partial charge in [-0.2, -0.15) is 18.3 Å². The average molecular weight is 556 g/mol. The van der Waals surface area contributed by atoms with Crippen molar-refractivity contribution in [3.63, 3.8) is 0 Å². The van der Waals surface area contributed by atoms with E-state index in [2.05, 4.69) is 15.7 Å². The zero-order chi connectivity index (χ0) is 27.8. The van der Waals surface area contributed by atoms with E-state index < -0.39 is 41.2 Å². The van der Waals surface area contributed by atoms with Crippen LogP contribution in [0.2, 0.25) is 5.02 Å². The molecule has 0 saturated carbocycles. The summed E-state index contributed by atoms with van der Waals surface area (Å²) in [6.07, 6.45) is -5.17. The van der Waals surface area contributed by atoms with Gasteiger partial charge < -0.3 is 24.8 Å². The lowest BCUT2D eigenvalue weighted by molar-refractivity contribution is -0.384. The van der Waals surface area contributed by atoms with E-state index in [9.17, 15) is 28.1 Å². The number of aromatic nitrogens is 2. The fourth-order valence-corrected chi connectivity index (χ4v) is 4.36. The number of amides is 1. The number of halogens is 4. The second-order valence-corrected chi connectivity index (χ2v) is 8.57. The molecule has 0 radical (unpaired) electrons. The summed E-state index contributed by atoms with van der Waals surface area (Å²) in [4.78, 5) is 23.5. The number of non-ortho nitro benzene ring substituents is 1. The summed E-state index contributed by atoms with van der Waals surface area (Å²) < 4.78 is 58.4. The summed E-state index contributed by atoms with van der Waals surface area (Å²) in [5.74, 6) is -0.361. The van der Waals surface area contributed by atoms with E-state index in [0.717, 1.165) is 12.1 Å². The molecule has 1 aliphatic heterocycles. The van der Waals surface area contributed by atoms with Crippen molar-refractivity contribution in [2.75, 3.05) is 32.0 Å². The fourth-order valence-electron chi connectivity index (χ4n) is 4.09. The SMILES string of the molecule is COc1cc(NC(=O)c2nn3c(c2Cl)NC(c2ccc(OC)c(OC)c2)CC3C(F)(F)F)cc([N+](=O)[O-])c1. The van der Waals surface area contributed by atoms with E-state index in [0.29, 0.717) is 21.7 Å². The third kappa shape index (κ3) is 5.11. The smallest absolute Gasteiger partial charge is 0.410 e. The number of fused-ring (bicyclic) bond motifs is 1. The summed E-state index contributed by atoms with van der Waals surface area (Å²) in [5, 5.41) is 20.0. The first-order valence-corrected chi connectivity index (χ1v) is 11.3. The van der Waals surface area contributed by atoms with Crippen LogP contribution in [-0.4, -0.2) is 48.1 Å². The number of anilines is 2. The number of alkyl halides is 3. The topological polar surface area (TPSA) is 130 Å². The number of carbonyl (C=O) groups excluding carboxylic acids is 1. The number of nitrogens with zero attached hydrogens (tertiary/aromatic N) is 3. The Balaban J connectivity index is 1.70. The van der Waals surface area contributed by atoms with Gasteiger partial charge >= 0.3 is 6.18 Å². The molecule has 0 aliphatic carbocycles. The van der Waals surface area contributed by atoms with Crippen LogP contribution in [-0.2, 0) is 0 Å². The van der Waals surface area contributed by atoms with Crippen molar-refractivity contribution in [1.82, 2.24) is 9.78 Å². The minimum absolute atomic E-state index is 0.0355. The molecule has 15 heteroatoms. The van der Waals surface area contributed by atoms with Crippen molar-refractivity contribution in [2.24, 2.45) is 0 Å². The fraction of sp³-hybridized carbons (Fsp3) is 0.304. The van der Waals surface area contributed by atoms with Gasteiger partial charge in [-0.25, -0.2) is 4.68 Å². The second kappa shape index (κ2) is 10.3. The van der Waals surface area contributed by atoms with E-state index >= 15 is 0 Å². The number of benzene rings is 2. The monoisotopic (exact) mass is 555 g/mol. The number of nitro benzene ring substituents is 1. The molecule has 0 spiro atoms. The first kappa shape index (κ1) is 26.9. The third-order valence-electron chi connectivity index (χ3n) is 5.92. The lowest BCUT2D eigenvalue weighted by Gasteiger charge is -2.33. The van der Waals surface area contributed by atoms with Gasteiger partial charge in [0.15, 0.2) is 23.2 Å². The van der Waals surface area contributed by atoms with Gasteiger partial charge in [0.25, 0.3) is 11.6 Å². The number of hydrogen-bond donors (Lipinski definition) is 2. The van der Waals surface area contributed by atoms with Crippen molar-refractivity contribution < 1.29 is 37.1 Å². The molecule has 1 amide bonds. The van der Waals surface area contributed by atoms with E-state index in [1.165, 1.54) is 27.4 Å². The van der Waals surface area contributed by atoms with E-state index in [1.807, 2.05) is 0 Å². The van der Waals surface area contributed by atoms with Gasteiger partial charge in [0.2, 0.25) is 0 Å². The maximum absolute atomic E-state index is 14.1. The molecule has 38 heavy (non-hydrogen) atoms. The second-order valence-electron chi connectivity index (χ2n) is 8.19. The zero-order valence-electron chi connectivity index (χ0n) is 20.1. The molecule has 4 rings (SSSR count). The Morgan fingerprint density at radius 3 is 2.47 bits per heavy atom. The Morgan fingerprint density at radius 2 is 1.87 bits per heavy atom. The number of rotatable bonds is 7. The molecule has 1 aliphatic rings. The lowest BCUT2D eigenvalue weighted by atomic mass is 9.96. The van der Waals surface area contributed by atoms with Crippen LogP contribution in [0.3, 0.4) is 0 Å². The Kier molecular flexibility index (Phi) is 7.26. The van der Waals surface area contributed by atoms with E-state index in [4.69, 9.17) is 25.8 Å². The van der Waals surface area contributed by atoms with Gasteiger partial charge in [0, 0.05) is 18.6 Å². The first-order chi connectivity index (χ1) is 18.0. The highest BCUT2D eigenvalue weighted by Gasteiger charge is 2.48. The Morgan fingerprint density at radius 1 is 1.16 bits per heavy atom. The van der Waals surface area contributed by atoms with Crippen LogP contribution in [0, 0.1) is 10.1 Å². The van der Waals surface area contributed by atoms with E-state index in [-0.39, 0.29) is 28.0 Å². The maximum atomic E-state index is 14.1. The van der Waals surface area contributed by atoms with Gasteiger partial charge in [-0.1, -0.05) is 17.7 Å².